The van der Waals surface area contributed by atoms with Gasteiger partial charge >= 0.3 is 0 Å². The van der Waals surface area contributed by atoms with Crippen LogP contribution in [0.2, 0.25) is 0 Å². The van der Waals surface area contributed by atoms with E-state index in [-0.39, 0.29) is 0 Å². The highest BCUT2D eigenvalue weighted by Gasteiger charge is 2.02. The van der Waals surface area contributed by atoms with Crippen LogP contribution >= 0.6 is 0 Å². The molecule has 0 atom stereocenters. The van der Waals surface area contributed by atoms with Crippen molar-refractivity contribution in [3.05, 3.63) is 24.2 Å². The Kier molecular flexibility index (Phi) is 2.80. The Morgan fingerprint density at radius 2 is 2.25 bits per heavy atom. The standard InChI is InChI=1S/C10H16N6/c1-8-5-13-16(6-8)4-3-12-10-9(11)7-15(2)14-10/h5-7H,3-4,11H2,1-2H3,(H,12,14). The number of anilines is 2. The molecule has 0 aliphatic carbocycles. The Balaban J connectivity index is 1.86. The molecule has 0 amide bonds. The molecule has 16 heavy (non-hydrogen) atoms. The third-order valence-corrected chi connectivity index (χ3v) is 2.25. The molecule has 0 radical (unpaired) electrons. The van der Waals surface area contributed by atoms with E-state index >= 15 is 0 Å². The van der Waals surface area contributed by atoms with Gasteiger partial charge in [0.15, 0.2) is 5.82 Å². The topological polar surface area (TPSA) is 73.7 Å². The van der Waals surface area contributed by atoms with Gasteiger partial charge in [-0.1, -0.05) is 0 Å². The number of nitrogens with two attached hydrogens (primary N) is 1. The van der Waals surface area contributed by atoms with Gasteiger partial charge in [-0.2, -0.15) is 10.2 Å². The molecule has 0 saturated carbocycles. The van der Waals surface area contributed by atoms with Crippen molar-refractivity contribution in [2.45, 2.75) is 13.5 Å². The van der Waals surface area contributed by atoms with Gasteiger partial charge in [0.1, 0.15) is 0 Å². The van der Waals surface area contributed by atoms with E-state index < -0.39 is 0 Å². The van der Waals surface area contributed by atoms with E-state index in [0.717, 1.165) is 24.5 Å². The minimum atomic E-state index is 0.666. The van der Waals surface area contributed by atoms with E-state index in [1.807, 2.05) is 31.0 Å². The van der Waals surface area contributed by atoms with Crippen molar-refractivity contribution in [1.82, 2.24) is 19.6 Å². The molecule has 0 saturated heterocycles. The van der Waals surface area contributed by atoms with Crippen molar-refractivity contribution in [2.75, 3.05) is 17.6 Å². The molecule has 2 aromatic rings. The Bertz CT molecular complexity index is 469. The zero-order valence-electron chi connectivity index (χ0n) is 9.51. The van der Waals surface area contributed by atoms with Crippen LogP contribution in [0.4, 0.5) is 11.5 Å². The third-order valence-electron chi connectivity index (χ3n) is 2.25. The lowest BCUT2D eigenvalue weighted by Gasteiger charge is -2.03. The van der Waals surface area contributed by atoms with Gasteiger partial charge in [0.05, 0.1) is 18.4 Å². The number of hydrogen-bond acceptors (Lipinski definition) is 4. The highest BCUT2D eigenvalue weighted by molar-refractivity contribution is 5.59. The van der Waals surface area contributed by atoms with Crippen LogP contribution in [0.15, 0.2) is 18.6 Å². The van der Waals surface area contributed by atoms with Crippen molar-refractivity contribution in [3.63, 3.8) is 0 Å². The molecule has 0 aliphatic rings. The highest BCUT2D eigenvalue weighted by atomic mass is 15.3. The molecule has 6 heteroatoms. The largest absolute Gasteiger partial charge is 0.394 e. The van der Waals surface area contributed by atoms with Crippen LogP contribution in [0.5, 0.6) is 0 Å². The maximum atomic E-state index is 5.76. The summed E-state index contributed by atoms with van der Waals surface area (Å²) in [6, 6.07) is 0. The van der Waals surface area contributed by atoms with E-state index in [1.165, 1.54) is 0 Å². The van der Waals surface area contributed by atoms with Crippen LogP contribution in [0, 0.1) is 6.92 Å². The molecule has 0 spiro atoms. The second-order valence-corrected chi connectivity index (χ2v) is 3.81. The summed E-state index contributed by atoms with van der Waals surface area (Å²) < 4.78 is 3.58. The minimum Gasteiger partial charge on any atom is -0.394 e. The molecule has 0 aliphatic heterocycles. The van der Waals surface area contributed by atoms with Crippen molar-refractivity contribution in [1.29, 1.82) is 0 Å². The maximum Gasteiger partial charge on any atom is 0.171 e. The lowest BCUT2D eigenvalue weighted by Crippen LogP contribution is -2.12. The van der Waals surface area contributed by atoms with Crippen LogP contribution < -0.4 is 11.1 Å². The summed E-state index contributed by atoms with van der Waals surface area (Å²) in [6.45, 7) is 3.57. The number of nitrogen functional groups attached to an aromatic ring is 1. The summed E-state index contributed by atoms with van der Waals surface area (Å²) in [4.78, 5) is 0. The average molecular weight is 220 g/mol. The molecule has 6 nitrogen and oxygen atoms in total. The second kappa shape index (κ2) is 4.26. The molecule has 2 rings (SSSR count). The third kappa shape index (κ3) is 2.33. The molecule has 0 fully saturated rings. The molecule has 86 valence electrons. The predicted octanol–water partition coefficient (Wildman–Crippen LogP) is 0.619. The summed E-state index contributed by atoms with van der Waals surface area (Å²) in [5.41, 5.74) is 7.59. The number of rotatable bonds is 4. The summed E-state index contributed by atoms with van der Waals surface area (Å²) in [5, 5.41) is 11.6. The zero-order chi connectivity index (χ0) is 11.5. The molecular formula is C10H16N6. The van der Waals surface area contributed by atoms with Gasteiger partial charge < -0.3 is 11.1 Å². The van der Waals surface area contributed by atoms with Crippen LogP contribution in [0.3, 0.4) is 0 Å². The summed E-state index contributed by atoms with van der Waals surface area (Å²) in [7, 11) is 1.85. The fraction of sp³-hybridized carbons (Fsp3) is 0.400. The second-order valence-electron chi connectivity index (χ2n) is 3.81. The number of hydrogen-bond donors (Lipinski definition) is 2. The SMILES string of the molecule is Cc1cnn(CCNc2nn(C)cc2N)c1. The Morgan fingerprint density at radius 1 is 1.44 bits per heavy atom. The Morgan fingerprint density at radius 3 is 2.81 bits per heavy atom. The van der Waals surface area contributed by atoms with Gasteiger partial charge in [-0.25, -0.2) is 0 Å². The van der Waals surface area contributed by atoms with E-state index in [1.54, 1.807) is 10.9 Å². The normalized spacial score (nSPS) is 10.6. The lowest BCUT2D eigenvalue weighted by molar-refractivity contribution is 0.635. The van der Waals surface area contributed by atoms with Crippen LogP contribution in [-0.2, 0) is 13.6 Å². The smallest absolute Gasteiger partial charge is 0.171 e. The van der Waals surface area contributed by atoms with Crippen molar-refractivity contribution in [2.24, 2.45) is 7.05 Å². The Labute approximate surface area is 94.1 Å². The van der Waals surface area contributed by atoms with Crippen molar-refractivity contribution < 1.29 is 0 Å². The van der Waals surface area contributed by atoms with Gasteiger partial charge in [-0.05, 0) is 12.5 Å². The van der Waals surface area contributed by atoms with E-state index in [2.05, 4.69) is 15.5 Å². The number of nitrogens with one attached hydrogen (secondary N) is 1. The van der Waals surface area contributed by atoms with Gasteiger partial charge in [0.2, 0.25) is 0 Å². The summed E-state index contributed by atoms with van der Waals surface area (Å²) in [6.07, 6.45) is 5.62. The minimum absolute atomic E-state index is 0.666. The van der Waals surface area contributed by atoms with Crippen LogP contribution in [0.1, 0.15) is 5.56 Å². The highest BCUT2D eigenvalue weighted by Crippen LogP contribution is 2.13. The van der Waals surface area contributed by atoms with Crippen molar-refractivity contribution >= 4 is 11.5 Å². The fourth-order valence-electron chi connectivity index (χ4n) is 1.52. The molecule has 2 heterocycles. The first-order chi connectivity index (χ1) is 7.65. The zero-order valence-corrected chi connectivity index (χ0v) is 9.51. The van der Waals surface area contributed by atoms with Crippen LogP contribution in [-0.4, -0.2) is 26.1 Å². The van der Waals surface area contributed by atoms with E-state index in [9.17, 15) is 0 Å². The predicted molar refractivity (Wildman–Crippen MR) is 63.1 cm³/mol. The number of aromatic nitrogens is 4. The first-order valence-electron chi connectivity index (χ1n) is 5.17. The monoisotopic (exact) mass is 220 g/mol. The molecular weight excluding hydrogens is 204 g/mol. The molecule has 0 bridgehead atoms. The van der Waals surface area contributed by atoms with E-state index in [0.29, 0.717) is 5.69 Å². The van der Waals surface area contributed by atoms with E-state index in [4.69, 9.17) is 5.73 Å². The van der Waals surface area contributed by atoms with Gasteiger partial charge in [-0.15, -0.1) is 0 Å². The molecule has 2 aromatic heterocycles. The average Bonchev–Trinajstić information content (AvgIpc) is 2.74. The number of nitrogens with zero attached hydrogens (tertiary/aromatic N) is 4. The lowest BCUT2D eigenvalue weighted by atomic mass is 10.4. The molecule has 0 unspecified atom stereocenters. The maximum absolute atomic E-state index is 5.76. The molecule has 3 N–H and O–H groups in total. The van der Waals surface area contributed by atoms with Crippen molar-refractivity contribution in [3.8, 4) is 0 Å². The van der Waals surface area contributed by atoms with Crippen LogP contribution in [0.25, 0.3) is 0 Å². The summed E-state index contributed by atoms with van der Waals surface area (Å²) >= 11 is 0. The molecule has 0 aromatic carbocycles. The first-order valence-corrected chi connectivity index (χ1v) is 5.17. The van der Waals surface area contributed by atoms with Gasteiger partial charge in [0.25, 0.3) is 0 Å². The van der Waals surface area contributed by atoms with Gasteiger partial charge in [0, 0.05) is 26.0 Å². The summed E-state index contributed by atoms with van der Waals surface area (Å²) in [5.74, 6) is 0.728. The quantitative estimate of drug-likeness (QED) is 0.792. The number of aryl methyl sites for hydroxylation is 2. The Hall–Kier alpha value is -1.98. The fourth-order valence-corrected chi connectivity index (χ4v) is 1.52. The first kappa shape index (κ1) is 10.5. The van der Waals surface area contributed by atoms with Gasteiger partial charge in [-0.3, -0.25) is 9.36 Å².